The van der Waals surface area contributed by atoms with Gasteiger partial charge in [-0.2, -0.15) is 0 Å². The summed E-state index contributed by atoms with van der Waals surface area (Å²) in [6.45, 7) is 7.61. The smallest absolute Gasteiger partial charge is 0.208 e. The minimum absolute atomic E-state index is 0.148. The monoisotopic (exact) mass is 322 g/mol. The van der Waals surface area contributed by atoms with Gasteiger partial charge in [0.15, 0.2) is 0 Å². The highest BCUT2D eigenvalue weighted by atomic mass is 32.2. The Bertz CT molecular complexity index is 643. The first-order chi connectivity index (χ1) is 10.3. The van der Waals surface area contributed by atoms with Gasteiger partial charge in [-0.15, -0.1) is 0 Å². The first kappa shape index (κ1) is 16.0. The standard InChI is InChI=1S/C17H26N2O2S/c1-13-5-4-6-14(2)16(13)11-19-8-7-17(12-19)9-15(10-17)18-22(3,20)21/h4-6,15,18H,7-12H2,1-3H3. The lowest BCUT2D eigenvalue weighted by atomic mass is 9.65. The van der Waals surface area contributed by atoms with E-state index >= 15 is 0 Å². The summed E-state index contributed by atoms with van der Waals surface area (Å²) in [6, 6.07) is 6.63. The van der Waals surface area contributed by atoms with Crippen molar-refractivity contribution in [2.75, 3.05) is 19.3 Å². The number of sulfonamides is 1. The molecular formula is C17H26N2O2S. The lowest BCUT2D eigenvalue weighted by molar-refractivity contribution is 0.101. The molecule has 0 unspecified atom stereocenters. The van der Waals surface area contributed by atoms with Crippen LogP contribution >= 0.6 is 0 Å². The van der Waals surface area contributed by atoms with Gasteiger partial charge in [0.05, 0.1) is 6.26 Å². The molecule has 122 valence electrons. The Morgan fingerprint density at radius 2 is 1.91 bits per heavy atom. The first-order valence-electron chi connectivity index (χ1n) is 8.01. The second kappa shape index (κ2) is 5.62. The molecule has 0 atom stereocenters. The Kier molecular flexibility index (Phi) is 4.08. The highest BCUT2D eigenvalue weighted by molar-refractivity contribution is 7.88. The van der Waals surface area contributed by atoms with Crippen LogP contribution in [0.4, 0.5) is 0 Å². The summed E-state index contributed by atoms with van der Waals surface area (Å²) in [6.07, 6.45) is 4.42. The number of hydrogen-bond acceptors (Lipinski definition) is 3. The van der Waals surface area contributed by atoms with E-state index in [1.807, 2.05) is 0 Å². The third-order valence-electron chi connectivity index (χ3n) is 5.28. The molecule has 0 bridgehead atoms. The molecule has 1 aromatic carbocycles. The van der Waals surface area contributed by atoms with Gasteiger partial charge in [-0.3, -0.25) is 4.90 Å². The largest absolute Gasteiger partial charge is 0.298 e. The van der Waals surface area contributed by atoms with Crippen LogP contribution < -0.4 is 4.72 Å². The van der Waals surface area contributed by atoms with Crippen molar-refractivity contribution in [3.63, 3.8) is 0 Å². The van der Waals surface area contributed by atoms with Crippen molar-refractivity contribution in [2.24, 2.45) is 5.41 Å². The molecule has 1 heterocycles. The lowest BCUT2D eigenvalue weighted by Gasteiger charge is -2.45. The maximum Gasteiger partial charge on any atom is 0.208 e. The summed E-state index contributed by atoms with van der Waals surface area (Å²) in [4.78, 5) is 2.53. The van der Waals surface area contributed by atoms with Crippen molar-refractivity contribution in [1.29, 1.82) is 0 Å². The Morgan fingerprint density at radius 3 is 2.50 bits per heavy atom. The molecule has 3 rings (SSSR count). The molecule has 1 spiro atoms. The quantitative estimate of drug-likeness (QED) is 0.924. The van der Waals surface area contributed by atoms with Gasteiger partial charge in [0.25, 0.3) is 0 Å². The summed E-state index contributed by atoms with van der Waals surface area (Å²) in [5.74, 6) is 0. The Hall–Kier alpha value is -0.910. The summed E-state index contributed by atoms with van der Waals surface area (Å²) < 4.78 is 25.3. The van der Waals surface area contributed by atoms with E-state index in [0.717, 1.165) is 32.5 Å². The van der Waals surface area contributed by atoms with Crippen LogP contribution in [-0.4, -0.2) is 38.7 Å². The number of nitrogens with zero attached hydrogens (tertiary/aromatic N) is 1. The molecule has 5 heteroatoms. The molecule has 1 aliphatic carbocycles. The van der Waals surface area contributed by atoms with Gasteiger partial charge in [-0.1, -0.05) is 18.2 Å². The van der Waals surface area contributed by atoms with Gasteiger partial charge < -0.3 is 0 Å². The summed E-state index contributed by atoms with van der Waals surface area (Å²) in [5.41, 5.74) is 4.53. The Balaban J connectivity index is 1.58. The predicted molar refractivity (Wildman–Crippen MR) is 89.2 cm³/mol. The van der Waals surface area contributed by atoms with Gasteiger partial charge >= 0.3 is 0 Å². The maximum atomic E-state index is 11.3. The zero-order valence-corrected chi connectivity index (χ0v) is 14.5. The maximum absolute atomic E-state index is 11.3. The molecule has 2 fully saturated rings. The topological polar surface area (TPSA) is 49.4 Å². The molecule has 0 aromatic heterocycles. The molecule has 22 heavy (non-hydrogen) atoms. The fourth-order valence-electron chi connectivity index (χ4n) is 4.19. The van der Waals surface area contributed by atoms with Crippen LogP contribution in [-0.2, 0) is 16.6 Å². The van der Waals surface area contributed by atoms with Crippen LogP contribution in [0.5, 0.6) is 0 Å². The van der Waals surface area contributed by atoms with E-state index < -0.39 is 10.0 Å². The van der Waals surface area contributed by atoms with Crippen molar-refractivity contribution in [2.45, 2.75) is 45.7 Å². The molecule has 2 aliphatic rings. The molecule has 1 saturated heterocycles. The van der Waals surface area contributed by atoms with E-state index in [1.54, 1.807) is 0 Å². The highest BCUT2D eigenvalue weighted by Gasteiger charge is 2.48. The minimum atomic E-state index is -3.07. The van der Waals surface area contributed by atoms with E-state index in [0.29, 0.717) is 5.41 Å². The van der Waals surface area contributed by atoms with Crippen molar-refractivity contribution in [1.82, 2.24) is 9.62 Å². The molecule has 1 aromatic rings. The molecule has 0 amide bonds. The van der Waals surface area contributed by atoms with Gasteiger partial charge in [0, 0.05) is 19.1 Å². The minimum Gasteiger partial charge on any atom is -0.298 e. The third kappa shape index (κ3) is 3.36. The van der Waals surface area contributed by atoms with Crippen molar-refractivity contribution < 1.29 is 8.42 Å². The van der Waals surface area contributed by atoms with E-state index in [2.05, 4.69) is 41.7 Å². The molecule has 1 aliphatic heterocycles. The summed E-state index contributed by atoms with van der Waals surface area (Å²) in [7, 11) is -3.07. The van der Waals surface area contributed by atoms with E-state index in [-0.39, 0.29) is 6.04 Å². The highest BCUT2D eigenvalue weighted by Crippen LogP contribution is 2.48. The lowest BCUT2D eigenvalue weighted by Crippen LogP contribution is -2.51. The summed E-state index contributed by atoms with van der Waals surface area (Å²) in [5, 5.41) is 0. The van der Waals surface area contributed by atoms with Gasteiger partial charge in [-0.25, -0.2) is 13.1 Å². The number of rotatable bonds is 4. The second-order valence-electron chi connectivity index (χ2n) is 7.33. The average Bonchev–Trinajstić information content (AvgIpc) is 2.76. The fourth-order valence-corrected chi connectivity index (χ4v) is 4.96. The average molecular weight is 322 g/mol. The molecule has 0 radical (unpaired) electrons. The van der Waals surface area contributed by atoms with Crippen LogP contribution in [0.2, 0.25) is 0 Å². The number of benzene rings is 1. The number of likely N-dealkylation sites (tertiary alicyclic amines) is 1. The number of hydrogen-bond donors (Lipinski definition) is 1. The van der Waals surface area contributed by atoms with Gasteiger partial charge in [0.2, 0.25) is 10.0 Å². The SMILES string of the molecule is Cc1cccc(C)c1CN1CCC2(CC(NS(C)(=O)=O)C2)C1. The van der Waals surface area contributed by atoms with Crippen molar-refractivity contribution in [3.8, 4) is 0 Å². The number of aryl methyl sites for hydroxylation is 2. The zero-order valence-electron chi connectivity index (χ0n) is 13.7. The Labute approximate surface area is 134 Å². The first-order valence-corrected chi connectivity index (χ1v) is 9.90. The van der Waals surface area contributed by atoms with E-state index in [9.17, 15) is 8.42 Å². The summed E-state index contributed by atoms with van der Waals surface area (Å²) >= 11 is 0. The number of nitrogens with one attached hydrogen (secondary N) is 1. The Morgan fingerprint density at radius 1 is 1.27 bits per heavy atom. The van der Waals surface area contributed by atoms with Crippen LogP contribution in [0.1, 0.15) is 36.0 Å². The van der Waals surface area contributed by atoms with Crippen LogP contribution in [0.3, 0.4) is 0 Å². The molecule has 1 N–H and O–H groups in total. The second-order valence-corrected chi connectivity index (χ2v) is 9.11. The van der Waals surface area contributed by atoms with Crippen LogP contribution in [0.25, 0.3) is 0 Å². The molecule has 4 nitrogen and oxygen atoms in total. The zero-order chi connectivity index (χ0) is 16.0. The van der Waals surface area contributed by atoms with Gasteiger partial charge in [-0.05, 0) is 61.8 Å². The van der Waals surface area contributed by atoms with Gasteiger partial charge in [0.1, 0.15) is 0 Å². The van der Waals surface area contributed by atoms with E-state index in [1.165, 1.54) is 29.4 Å². The van der Waals surface area contributed by atoms with Crippen molar-refractivity contribution >= 4 is 10.0 Å². The third-order valence-corrected chi connectivity index (χ3v) is 6.04. The van der Waals surface area contributed by atoms with Crippen LogP contribution in [0, 0.1) is 19.3 Å². The fraction of sp³-hybridized carbons (Fsp3) is 0.647. The van der Waals surface area contributed by atoms with Crippen molar-refractivity contribution in [3.05, 3.63) is 34.9 Å². The van der Waals surface area contributed by atoms with E-state index in [4.69, 9.17) is 0 Å². The molecular weight excluding hydrogens is 296 g/mol. The van der Waals surface area contributed by atoms with Crippen LogP contribution in [0.15, 0.2) is 18.2 Å². The molecule has 1 saturated carbocycles. The predicted octanol–water partition coefficient (Wildman–Crippen LogP) is 2.21. The normalized spacial score (nSPS) is 29.0.